The van der Waals surface area contributed by atoms with E-state index >= 15 is 0 Å². The number of hydrogen-bond acceptors (Lipinski definition) is 6. The summed E-state index contributed by atoms with van der Waals surface area (Å²) in [5.41, 5.74) is 10.4. The quantitative estimate of drug-likeness (QED) is 0.259. The highest BCUT2D eigenvalue weighted by Gasteiger charge is 2.27. The molecule has 3 amide bonds. The maximum absolute atomic E-state index is 12.1. The van der Waals surface area contributed by atoms with E-state index < -0.39 is 23.8 Å². The summed E-state index contributed by atoms with van der Waals surface area (Å²) in [4.78, 5) is 43.8. The van der Waals surface area contributed by atoms with Crippen LogP contribution in [0.2, 0.25) is 0 Å². The number of aliphatic carboxylic acids is 1. The molecule has 10 nitrogen and oxygen atoms in total. The van der Waals surface area contributed by atoms with E-state index in [1.807, 2.05) is 0 Å². The number of amides is 3. The molecule has 25 heavy (non-hydrogen) atoms. The highest BCUT2D eigenvalue weighted by Crippen LogP contribution is 2.07. The van der Waals surface area contributed by atoms with Crippen molar-refractivity contribution in [2.45, 2.75) is 51.1 Å². The number of unbranched alkanes of at least 4 members (excludes halogenated alkanes) is 1. The molecule has 0 aromatic heterocycles. The van der Waals surface area contributed by atoms with E-state index in [2.05, 4.69) is 16.0 Å². The van der Waals surface area contributed by atoms with Gasteiger partial charge in [0.1, 0.15) is 6.04 Å². The third kappa shape index (κ3) is 11.9. The summed E-state index contributed by atoms with van der Waals surface area (Å²) in [6.45, 7) is 2.20. The standard InChI is InChI=1S/C13H25N5O3.C2H4O2/c14-6-2-1-4-10(12(20)17-8-11(15)19)18-13(21)9-5-3-7-16-9;1-2(3)4/h9-10,16H,1-8,14H2,(H2,15,19)(H,17,20)(H,18,21);1H3,(H,3,4)/t9-,10-;/m0./s1. The van der Waals surface area contributed by atoms with Crippen molar-refractivity contribution in [1.82, 2.24) is 16.0 Å². The third-order valence-electron chi connectivity index (χ3n) is 3.39. The zero-order chi connectivity index (χ0) is 19.2. The van der Waals surface area contributed by atoms with Crippen molar-refractivity contribution in [3.63, 3.8) is 0 Å². The number of carboxylic acids is 1. The number of primary amides is 1. The maximum atomic E-state index is 12.1. The van der Waals surface area contributed by atoms with Gasteiger partial charge in [0.2, 0.25) is 17.7 Å². The number of carbonyl (C=O) groups is 4. The summed E-state index contributed by atoms with van der Waals surface area (Å²) in [6.07, 6.45) is 3.70. The number of carbonyl (C=O) groups excluding carboxylic acids is 3. The molecule has 10 heteroatoms. The molecule has 0 aromatic carbocycles. The Hall–Kier alpha value is -2.20. The second-order valence-electron chi connectivity index (χ2n) is 5.70. The highest BCUT2D eigenvalue weighted by atomic mass is 16.4. The van der Waals surface area contributed by atoms with Gasteiger partial charge in [-0.3, -0.25) is 19.2 Å². The van der Waals surface area contributed by atoms with Gasteiger partial charge in [-0.15, -0.1) is 0 Å². The first-order chi connectivity index (χ1) is 11.8. The summed E-state index contributed by atoms with van der Waals surface area (Å²) in [6, 6.07) is -0.906. The van der Waals surface area contributed by atoms with Crippen LogP contribution in [0.4, 0.5) is 0 Å². The van der Waals surface area contributed by atoms with Crippen LogP contribution in [0.15, 0.2) is 0 Å². The minimum atomic E-state index is -0.833. The molecular formula is C15H29N5O5. The lowest BCUT2D eigenvalue weighted by atomic mass is 10.1. The van der Waals surface area contributed by atoms with Gasteiger partial charge in [0.05, 0.1) is 12.6 Å². The van der Waals surface area contributed by atoms with E-state index in [4.69, 9.17) is 21.4 Å². The molecule has 1 aliphatic heterocycles. The molecule has 1 aliphatic rings. The fourth-order valence-electron chi connectivity index (χ4n) is 2.24. The Morgan fingerprint density at radius 1 is 1.28 bits per heavy atom. The van der Waals surface area contributed by atoms with Gasteiger partial charge in [0, 0.05) is 6.92 Å². The Morgan fingerprint density at radius 3 is 2.40 bits per heavy atom. The van der Waals surface area contributed by atoms with Crippen LogP contribution in [0.25, 0.3) is 0 Å². The van der Waals surface area contributed by atoms with Crippen molar-refractivity contribution in [1.29, 1.82) is 0 Å². The first-order valence-electron chi connectivity index (χ1n) is 8.27. The lowest BCUT2D eigenvalue weighted by Gasteiger charge is -2.20. The number of carboxylic acid groups (broad SMARTS) is 1. The molecular weight excluding hydrogens is 330 g/mol. The largest absolute Gasteiger partial charge is 0.481 e. The van der Waals surface area contributed by atoms with Gasteiger partial charge in [-0.2, -0.15) is 0 Å². The molecule has 0 spiro atoms. The summed E-state index contributed by atoms with van der Waals surface area (Å²) in [5, 5.41) is 15.7. The van der Waals surface area contributed by atoms with Crippen LogP contribution in [-0.4, -0.2) is 60.5 Å². The highest BCUT2D eigenvalue weighted by molar-refractivity contribution is 5.91. The Kier molecular flexibility index (Phi) is 12.0. The minimum absolute atomic E-state index is 0.181. The molecule has 2 atom stereocenters. The van der Waals surface area contributed by atoms with Crippen LogP contribution in [0.1, 0.15) is 39.0 Å². The van der Waals surface area contributed by atoms with Crippen LogP contribution in [0, 0.1) is 0 Å². The monoisotopic (exact) mass is 359 g/mol. The topological polar surface area (TPSA) is 177 Å². The van der Waals surface area contributed by atoms with Gasteiger partial charge in [-0.1, -0.05) is 0 Å². The smallest absolute Gasteiger partial charge is 0.300 e. The number of nitrogens with one attached hydrogen (secondary N) is 3. The van der Waals surface area contributed by atoms with E-state index in [9.17, 15) is 14.4 Å². The van der Waals surface area contributed by atoms with Gasteiger partial charge in [-0.25, -0.2) is 0 Å². The molecule has 144 valence electrons. The van der Waals surface area contributed by atoms with E-state index in [0.717, 1.165) is 39.2 Å². The van der Waals surface area contributed by atoms with Crippen LogP contribution >= 0.6 is 0 Å². The number of rotatable bonds is 9. The summed E-state index contributed by atoms with van der Waals surface area (Å²) < 4.78 is 0. The Bertz CT molecular complexity index is 448. The van der Waals surface area contributed by atoms with Crippen molar-refractivity contribution in [2.75, 3.05) is 19.6 Å². The van der Waals surface area contributed by atoms with Crippen molar-refractivity contribution in [3.8, 4) is 0 Å². The first kappa shape index (κ1) is 22.8. The van der Waals surface area contributed by atoms with Crippen LogP contribution < -0.4 is 27.4 Å². The first-order valence-corrected chi connectivity index (χ1v) is 8.27. The molecule has 0 aromatic rings. The molecule has 0 bridgehead atoms. The second kappa shape index (κ2) is 13.1. The Balaban J connectivity index is 0.00000129. The average Bonchev–Trinajstić information content (AvgIpc) is 3.05. The lowest BCUT2D eigenvalue weighted by molar-refractivity contribution is -0.134. The van der Waals surface area contributed by atoms with Crippen molar-refractivity contribution >= 4 is 23.7 Å². The predicted octanol–water partition coefficient (Wildman–Crippen LogP) is -1.96. The van der Waals surface area contributed by atoms with E-state index in [-0.39, 0.29) is 18.5 Å². The van der Waals surface area contributed by atoms with Gasteiger partial charge >= 0.3 is 0 Å². The van der Waals surface area contributed by atoms with E-state index in [1.54, 1.807) is 0 Å². The van der Waals surface area contributed by atoms with Crippen LogP contribution in [-0.2, 0) is 19.2 Å². The summed E-state index contributed by atoms with van der Waals surface area (Å²) in [5.74, 6) is -2.02. The summed E-state index contributed by atoms with van der Waals surface area (Å²) in [7, 11) is 0. The van der Waals surface area contributed by atoms with Gasteiger partial charge in [-0.05, 0) is 45.2 Å². The van der Waals surface area contributed by atoms with E-state index in [1.165, 1.54) is 0 Å². The summed E-state index contributed by atoms with van der Waals surface area (Å²) >= 11 is 0. The van der Waals surface area contributed by atoms with Gasteiger partial charge < -0.3 is 32.5 Å². The Morgan fingerprint density at radius 2 is 1.92 bits per heavy atom. The number of nitrogens with two attached hydrogens (primary N) is 2. The zero-order valence-corrected chi connectivity index (χ0v) is 14.5. The molecule has 1 fully saturated rings. The van der Waals surface area contributed by atoms with Crippen molar-refractivity contribution in [3.05, 3.63) is 0 Å². The molecule has 0 aliphatic carbocycles. The van der Waals surface area contributed by atoms with Crippen LogP contribution in [0.5, 0.6) is 0 Å². The average molecular weight is 359 g/mol. The predicted molar refractivity (Wildman–Crippen MR) is 91.4 cm³/mol. The maximum Gasteiger partial charge on any atom is 0.300 e. The van der Waals surface area contributed by atoms with E-state index in [0.29, 0.717) is 13.0 Å². The molecule has 8 N–H and O–H groups in total. The molecule has 0 unspecified atom stereocenters. The molecule has 1 rings (SSSR count). The fraction of sp³-hybridized carbons (Fsp3) is 0.733. The minimum Gasteiger partial charge on any atom is -0.481 e. The molecule has 0 saturated carbocycles. The molecule has 0 radical (unpaired) electrons. The second-order valence-corrected chi connectivity index (χ2v) is 5.70. The number of hydrogen-bond donors (Lipinski definition) is 6. The third-order valence-corrected chi connectivity index (χ3v) is 3.39. The zero-order valence-electron chi connectivity index (χ0n) is 14.5. The molecule has 1 heterocycles. The van der Waals surface area contributed by atoms with Crippen molar-refractivity contribution in [2.24, 2.45) is 11.5 Å². The fourth-order valence-corrected chi connectivity index (χ4v) is 2.24. The van der Waals surface area contributed by atoms with Gasteiger partial charge in [0.25, 0.3) is 5.97 Å². The SMILES string of the molecule is CC(=O)O.NCCCC[C@H](NC(=O)[C@@H]1CCCN1)C(=O)NCC(N)=O. The van der Waals surface area contributed by atoms with Gasteiger partial charge in [0.15, 0.2) is 0 Å². The molecule has 1 saturated heterocycles. The van der Waals surface area contributed by atoms with Crippen LogP contribution in [0.3, 0.4) is 0 Å². The Labute approximate surface area is 147 Å². The lowest BCUT2D eigenvalue weighted by Crippen LogP contribution is -2.52. The van der Waals surface area contributed by atoms with Crippen molar-refractivity contribution < 1.29 is 24.3 Å². The normalized spacial score (nSPS) is 17.0.